The second-order valence-electron chi connectivity index (χ2n) is 3.98. The second kappa shape index (κ2) is 5.56. The van der Waals surface area contributed by atoms with Gasteiger partial charge in [0.2, 0.25) is 0 Å². The van der Waals surface area contributed by atoms with E-state index in [2.05, 4.69) is 4.98 Å². The summed E-state index contributed by atoms with van der Waals surface area (Å²) in [7, 11) is 0. The van der Waals surface area contributed by atoms with Gasteiger partial charge < -0.3 is 15.2 Å². The van der Waals surface area contributed by atoms with Crippen LogP contribution in [0.4, 0.5) is 10.1 Å². The fourth-order valence-corrected chi connectivity index (χ4v) is 1.57. The third-order valence-electron chi connectivity index (χ3n) is 2.56. The number of nitrogens with zero attached hydrogens (tertiary/aromatic N) is 1. The standard InChI is InChI=1S/C14H15FN2O2/c1-3-18-12-5-4-6-17-14(12)19-13-7-9(2)11(16)8-10(13)15/h4-8H,3,16H2,1-2H3. The van der Waals surface area contributed by atoms with E-state index in [1.165, 1.54) is 12.1 Å². The smallest absolute Gasteiger partial charge is 0.262 e. The number of rotatable bonds is 4. The van der Waals surface area contributed by atoms with E-state index in [0.29, 0.717) is 18.0 Å². The molecule has 0 radical (unpaired) electrons. The molecule has 0 saturated heterocycles. The first kappa shape index (κ1) is 13.1. The molecule has 5 heteroatoms. The van der Waals surface area contributed by atoms with Crippen molar-refractivity contribution in [2.75, 3.05) is 12.3 Å². The van der Waals surface area contributed by atoms with Crippen LogP contribution in [-0.2, 0) is 0 Å². The minimum atomic E-state index is -0.531. The molecule has 0 bridgehead atoms. The summed E-state index contributed by atoms with van der Waals surface area (Å²) in [6.45, 7) is 4.11. The highest BCUT2D eigenvalue weighted by atomic mass is 19.1. The average Bonchev–Trinajstić information content (AvgIpc) is 2.38. The van der Waals surface area contributed by atoms with Crippen LogP contribution in [0, 0.1) is 12.7 Å². The quantitative estimate of drug-likeness (QED) is 0.859. The fourth-order valence-electron chi connectivity index (χ4n) is 1.57. The molecular weight excluding hydrogens is 247 g/mol. The van der Waals surface area contributed by atoms with E-state index in [4.69, 9.17) is 15.2 Å². The molecule has 0 spiro atoms. The van der Waals surface area contributed by atoms with Crippen LogP contribution in [0.1, 0.15) is 12.5 Å². The number of nitrogens with two attached hydrogens (primary N) is 1. The molecule has 0 aliphatic carbocycles. The van der Waals surface area contributed by atoms with Crippen LogP contribution >= 0.6 is 0 Å². The lowest BCUT2D eigenvalue weighted by molar-refractivity contribution is 0.313. The maximum Gasteiger partial charge on any atom is 0.262 e. The lowest BCUT2D eigenvalue weighted by Crippen LogP contribution is -1.99. The highest BCUT2D eigenvalue weighted by Crippen LogP contribution is 2.32. The zero-order valence-corrected chi connectivity index (χ0v) is 10.8. The Morgan fingerprint density at radius 2 is 2.11 bits per heavy atom. The molecule has 4 nitrogen and oxygen atoms in total. The van der Waals surface area contributed by atoms with Crippen molar-refractivity contribution >= 4 is 5.69 Å². The lowest BCUT2D eigenvalue weighted by Gasteiger charge is -2.11. The number of hydrogen-bond donors (Lipinski definition) is 1. The fraction of sp³-hybridized carbons (Fsp3) is 0.214. The van der Waals surface area contributed by atoms with Gasteiger partial charge in [-0.05, 0) is 37.6 Å². The third-order valence-corrected chi connectivity index (χ3v) is 2.56. The SMILES string of the molecule is CCOc1cccnc1Oc1cc(C)c(N)cc1F. The Bertz CT molecular complexity index is 588. The summed E-state index contributed by atoms with van der Waals surface area (Å²) in [5.41, 5.74) is 6.75. The third kappa shape index (κ3) is 2.93. The van der Waals surface area contributed by atoms with Crippen molar-refractivity contribution in [3.63, 3.8) is 0 Å². The van der Waals surface area contributed by atoms with Crippen molar-refractivity contribution < 1.29 is 13.9 Å². The number of ether oxygens (including phenoxy) is 2. The summed E-state index contributed by atoms with van der Waals surface area (Å²) in [4.78, 5) is 4.04. The zero-order valence-electron chi connectivity index (χ0n) is 10.8. The molecular formula is C14H15FN2O2. The molecule has 0 aliphatic rings. The predicted molar refractivity (Wildman–Crippen MR) is 71.0 cm³/mol. The molecule has 0 aliphatic heterocycles. The van der Waals surface area contributed by atoms with E-state index < -0.39 is 5.82 Å². The molecule has 0 unspecified atom stereocenters. The molecule has 0 fully saturated rings. The molecule has 1 heterocycles. The largest absolute Gasteiger partial charge is 0.488 e. The van der Waals surface area contributed by atoms with Gasteiger partial charge in [-0.15, -0.1) is 0 Å². The van der Waals surface area contributed by atoms with E-state index >= 15 is 0 Å². The molecule has 1 aromatic carbocycles. The van der Waals surface area contributed by atoms with Crippen molar-refractivity contribution in [1.29, 1.82) is 0 Å². The number of aryl methyl sites for hydroxylation is 1. The Balaban J connectivity index is 2.33. The molecule has 0 saturated carbocycles. The zero-order chi connectivity index (χ0) is 13.8. The van der Waals surface area contributed by atoms with Gasteiger partial charge in [0, 0.05) is 18.0 Å². The number of aromatic nitrogens is 1. The van der Waals surface area contributed by atoms with Crippen molar-refractivity contribution in [3.8, 4) is 17.4 Å². The highest BCUT2D eigenvalue weighted by Gasteiger charge is 2.12. The summed E-state index contributed by atoms with van der Waals surface area (Å²) < 4.78 is 24.6. The van der Waals surface area contributed by atoms with Gasteiger partial charge in [-0.2, -0.15) is 0 Å². The summed E-state index contributed by atoms with van der Waals surface area (Å²) in [6, 6.07) is 6.21. The van der Waals surface area contributed by atoms with Gasteiger partial charge in [-0.25, -0.2) is 9.37 Å². The number of anilines is 1. The summed E-state index contributed by atoms with van der Waals surface area (Å²) in [6.07, 6.45) is 1.56. The van der Waals surface area contributed by atoms with E-state index in [-0.39, 0.29) is 11.6 Å². The van der Waals surface area contributed by atoms with Crippen LogP contribution in [-0.4, -0.2) is 11.6 Å². The number of halogens is 1. The summed E-state index contributed by atoms with van der Waals surface area (Å²) in [5, 5.41) is 0. The molecule has 2 rings (SSSR count). The van der Waals surface area contributed by atoms with E-state index in [1.807, 2.05) is 6.92 Å². The topological polar surface area (TPSA) is 57.4 Å². The number of pyridine rings is 1. The molecule has 2 aromatic rings. The van der Waals surface area contributed by atoms with Crippen LogP contribution in [0.5, 0.6) is 17.4 Å². The highest BCUT2D eigenvalue weighted by molar-refractivity contribution is 5.51. The Hall–Kier alpha value is -2.30. The van der Waals surface area contributed by atoms with Crippen LogP contribution in [0.2, 0.25) is 0 Å². The van der Waals surface area contributed by atoms with Crippen molar-refractivity contribution in [2.24, 2.45) is 0 Å². The molecule has 0 atom stereocenters. The average molecular weight is 262 g/mol. The van der Waals surface area contributed by atoms with Gasteiger partial charge in [-0.1, -0.05) is 0 Å². The summed E-state index contributed by atoms with van der Waals surface area (Å²) >= 11 is 0. The van der Waals surface area contributed by atoms with Crippen molar-refractivity contribution in [3.05, 3.63) is 41.8 Å². The normalized spacial score (nSPS) is 10.3. The maximum atomic E-state index is 13.8. The van der Waals surface area contributed by atoms with Gasteiger partial charge in [-0.3, -0.25) is 0 Å². The Morgan fingerprint density at radius 3 is 2.84 bits per heavy atom. The number of benzene rings is 1. The van der Waals surface area contributed by atoms with Crippen LogP contribution in [0.15, 0.2) is 30.5 Å². The van der Waals surface area contributed by atoms with Gasteiger partial charge in [0.25, 0.3) is 5.88 Å². The van der Waals surface area contributed by atoms with E-state index in [0.717, 1.165) is 5.56 Å². The molecule has 100 valence electrons. The predicted octanol–water partition coefficient (Wildman–Crippen LogP) is 3.30. The van der Waals surface area contributed by atoms with Gasteiger partial charge in [0.15, 0.2) is 17.3 Å². The Morgan fingerprint density at radius 1 is 1.32 bits per heavy atom. The lowest BCUT2D eigenvalue weighted by atomic mass is 10.2. The van der Waals surface area contributed by atoms with Gasteiger partial charge in [0.05, 0.1) is 6.61 Å². The first-order valence-electron chi connectivity index (χ1n) is 5.93. The van der Waals surface area contributed by atoms with Crippen molar-refractivity contribution in [1.82, 2.24) is 4.98 Å². The van der Waals surface area contributed by atoms with E-state index in [1.54, 1.807) is 25.3 Å². The van der Waals surface area contributed by atoms with Crippen LogP contribution in [0.25, 0.3) is 0 Å². The Kier molecular flexibility index (Phi) is 3.85. The second-order valence-corrected chi connectivity index (χ2v) is 3.98. The minimum absolute atomic E-state index is 0.0753. The van der Waals surface area contributed by atoms with Crippen molar-refractivity contribution in [2.45, 2.75) is 13.8 Å². The molecule has 0 amide bonds. The first-order chi connectivity index (χ1) is 9.11. The Labute approximate surface area is 111 Å². The van der Waals surface area contributed by atoms with Crippen LogP contribution in [0.3, 0.4) is 0 Å². The molecule has 19 heavy (non-hydrogen) atoms. The van der Waals surface area contributed by atoms with E-state index in [9.17, 15) is 4.39 Å². The summed E-state index contributed by atoms with van der Waals surface area (Å²) in [5.74, 6) is 0.244. The maximum absolute atomic E-state index is 13.8. The molecule has 1 aromatic heterocycles. The number of nitrogen functional groups attached to an aromatic ring is 1. The van der Waals surface area contributed by atoms with Gasteiger partial charge >= 0.3 is 0 Å². The van der Waals surface area contributed by atoms with Gasteiger partial charge in [0.1, 0.15) is 0 Å². The monoisotopic (exact) mass is 262 g/mol. The number of hydrogen-bond acceptors (Lipinski definition) is 4. The minimum Gasteiger partial charge on any atom is -0.488 e. The molecule has 2 N–H and O–H groups in total. The first-order valence-corrected chi connectivity index (χ1v) is 5.93. The van der Waals surface area contributed by atoms with Crippen LogP contribution < -0.4 is 15.2 Å².